The Kier molecular flexibility index (Phi) is 7.07. The number of hydrogen-bond acceptors (Lipinski definition) is 8. The number of nitrogens with zero attached hydrogens (tertiary/aromatic N) is 4. The number of unbranched alkanes of at least 4 members (excludes halogenated alkanes) is 1. The van der Waals surface area contributed by atoms with Gasteiger partial charge in [-0.1, -0.05) is 32.1 Å². The predicted octanol–water partition coefficient (Wildman–Crippen LogP) is 3.25. The number of ether oxygens (including phenoxy) is 2. The van der Waals surface area contributed by atoms with Crippen molar-refractivity contribution in [2.24, 2.45) is 11.8 Å². The van der Waals surface area contributed by atoms with Gasteiger partial charge in [-0.05, 0) is 43.2 Å². The number of nitrogen functional groups attached to an aromatic ring is 1. The summed E-state index contributed by atoms with van der Waals surface area (Å²) in [6, 6.07) is 0. The van der Waals surface area contributed by atoms with Crippen LogP contribution in [0.3, 0.4) is 0 Å². The van der Waals surface area contributed by atoms with E-state index in [0.717, 1.165) is 25.7 Å². The molecule has 10 heteroatoms. The molecule has 1 saturated heterocycles. The third-order valence-electron chi connectivity index (χ3n) is 6.90. The van der Waals surface area contributed by atoms with E-state index < -0.39 is 24.5 Å². The van der Waals surface area contributed by atoms with E-state index in [1.54, 1.807) is 4.57 Å². The predicted molar refractivity (Wildman–Crippen MR) is 123 cm³/mol. The first kappa shape index (κ1) is 23.7. The Balaban J connectivity index is 1.48. The lowest BCUT2D eigenvalue weighted by Crippen LogP contribution is -2.45. The summed E-state index contributed by atoms with van der Waals surface area (Å²) in [5.41, 5.74) is 5.18. The third kappa shape index (κ3) is 4.65. The van der Waals surface area contributed by atoms with Gasteiger partial charge < -0.3 is 20.3 Å². The molecule has 1 aliphatic carbocycles. The number of aliphatic hydroxyl groups is 1. The molecular weight excluding hydrogens is 446 g/mol. The fraction of sp³-hybridized carbons (Fsp3) is 0.652. The number of hydrogen-bond donors (Lipinski definition) is 2. The number of aliphatic hydroxyl groups excluding tert-OH is 1. The van der Waals surface area contributed by atoms with E-state index >= 15 is 0 Å². The molecule has 0 radical (unpaired) electrons. The monoisotopic (exact) mass is 475 g/mol. The second-order valence-electron chi connectivity index (χ2n) is 8.99. The molecule has 9 nitrogen and oxygen atoms in total. The molecule has 33 heavy (non-hydrogen) atoms. The van der Waals surface area contributed by atoms with Gasteiger partial charge in [-0.15, -0.1) is 6.42 Å². The van der Waals surface area contributed by atoms with Crippen molar-refractivity contribution in [1.29, 1.82) is 0 Å². The first-order chi connectivity index (χ1) is 15.9. The molecule has 0 aromatic carbocycles. The fourth-order valence-corrected chi connectivity index (χ4v) is 5.07. The summed E-state index contributed by atoms with van der Waals surface area (Å²) in [7, 11) is 0. The van der Waals surface area contributed by atoms with Crippen LogP contribution in [0.2, 0.25) is 5.28 Å². The Morgan fingerprint density at radius 1 is 1.42 bits per heavy atom. The zero-order valence-electron chi connectivity index (χ0n) is 18.7. The summed E-state index contributed by atoms with van der Waals surface area (Å²) in [6.07, 6.45) is 13.3. The van der Waals surface area contributed by atoms with Crippen LogP contribution >= 0.6 is 11.6 Å². The van der Waals surface area contributed by atoms with E-state index in [-0.39, 0.29) is 29.4 Å². The molecule has 3 atom stereocenters. The number of rotatable bonds is 7. The highest BCUT2D eigenvalue weighted by molar-refractivity contribution is 6.28. The standard InChI is InChI=1S/C23H30ClN5O4/c1-3-5-6-14-7-9-15(10-8-14)21(31)32-16-11-17(33-23(16,4-2)12-30)29-13-26-18-19(25)27-22(24)28-20(18)29/h2,13-17,30H,3,5-12H2,1H3,(H2,25,27,28)/t14?,15?,16-,17+,23+/m0/s1. The smallest absolute Gasteiger partial charge is 0.309 e. The fourth-order valence-electron chi connectivity index (χ4n) is 4.90. The highest BCUT2D eigenvalue weighted by Gasteiger charge is 2.51. The molecular formula is C23H30ClN5O4. The van der Waals surface area contributed by atoms with Crippen molar-refractivity contribution in [3.63, 3.8) is 0 Å². The topological polar surface area (TPSA) is 125 Å². The number of carbonyl (C=O) groups is 1. The van der Waals surface area contributed by atoms with Crippen molar-refractivity contribution in [1.82, 2.24) is 19.5 Å². The zero-order chi connectivity index (χ0) is 23.6. The summed E-state index contributed by atoms with van der Waals surface area (Å²) < 4.78 is 13.5. The second kappa shape index (κ2) is 9.84. The van der Waals surface area contributed by atoms with Gasteiger partial charge in [-0.2, -0.15) is 9.97 Å². The molecule has 178 valence electrons. The molecule has 3 heterocycles. The van der Waals surface area contributed by atoms with Crippen molar-refractivity contribution in [3.05, 3.63) is 11.6 Å². The third-order valence-corrected chi connectivity index (χ3v) is 7.07. The van der Waals surface area contributed by atoms with Crippen LogP contribution in [-0.4, -0.2) is 48.9 Å². The number of aromatic nitrogens is 4. The molecule has 1 saturated carbocycles. The van der Waals surface area contributed by atoms with E-state index in [2.05, 4.69) is 27.8 Å². The lowest BCUT2D eigenvalue weighted by atomic mass is 9.80. The van der Waals surface area contributed by atoms with Crippen LogP contribution < -0.4 is 5.73 Å². The Hall–Kier alpha value is -2.41. The highest BCUT2D eigenvalue weighted by Crippen LogP contribution is 2.41. The summed E-state index contributed by atoms with van der Waals surface area (Å²) >= 11 is 5.97. The van der Waals surface area contributed by atoms with Crippen LogP contribution in [0.1, 0.15) is 64.5 Å². The van der Waals surface area contributed by atoms with Gasteiger partial charge in [0, 0.05) is 6.42 Å². The van der Waals surface area contributed by atoms with Crippen LogP contribution in [0.5, 0.6) is 0 Å². The van der Waals surface area contributed by atoms with Crippen LogP contribution in [0.15, 0.2) is 6.33 Å². The maximum Gasteiger partial charge on any atom is 0.309 e. The molecule has 0 bridgehead atoms. The van der Waals surface area contributed by atoms with E-state index in [1.807, 2.05) is 0 Å². The zero-order valence-corrected chi connectivity index (χ0v) is 19.5. The number of imidazole rings is 1. The van der Waals surface area contributed by atoms with Gasteiger partial charge in [0.05, 0.1) is 18.9 Å². The maximum atomic E-state index is 13.0. The minimum absolute atomic E-state index is 0.0253. The number of halogens is 1. The van der Waals surface area contributed by atoms with Gasteiger partial charge in [0.15, 0.2) is 17.1 Å². The van der Waals surface area contributed by atoms with Crippen molar-refractivity contribution < 1.29 is 19.4 Å². The normalized spacial score (nSPS) is 29.8. The second-order valence-corrected chi connectivity index (χ2v) is 9.33. The lowest BCUT2D eigenvalue weighted by Gasteiger charge is -2.31. The number of esters is 1. The minimum Gasteiger partial charge on any atom is -0.458 e. The molecule has 0 unspecified atom stereocenters. The largest absolute Gasteiger partial charge is 0.458 e. The van der Waals surface area contributed by atoms with Gasteiger partial charge in [0.1, 0.15) is 17.8 Å². The number of carbonyl (C=O) groups excluding carboxylic acids is 1. The van der Waals surface area contributed by atoms with Crippen LogP contribution in [0, 0.1) is 24.2 Å². The Labute approximate surface area is 198 Å². The number of terminal acetylenes is 1. The summed E-state index contributed by atoms with van der Waals surface area (Å²) in [6.45, 7) is 1.70. The SMILES string of the molecule is C#C[C@]1(CO)O[C@@H](n2cnc3c(N)nc(Cl)nc32)C[C@@H]1OC(=O)C1CCC(CCCC)CC1. The van der Waals surface area contributed by atoms with E-state index in [0.29, 0.717) is 17.1 Å². The first-order valence-corrected chi connectivity index (χ1v) is 11.9. The molecule has 4 rings (SSSR count). The van der Waals surface area contributed by atoms with Gasteiger partial charge in [-0.3, -0.25) is 9.36 Å². The summed E-state index contributed by atoms with van der Waals surface area (Å²) in [4.78, 5) is 25.3. The number of nitrogens with two attached hydrogens (primary N) is 1. The highest BCUT2D eigenvalue weighted by atomic mass is 35.5. The maximum absolute atomic E-state index is 13.0. The van der Waals surface area contributed by atoms with Crippen LogP contribution in [-0.2, 0) is 14.3 Å². The molecule has 2 aromatic rings. The van der Waals surface area contributed by atoms with Gasteiger partial charge in [-0.25, -0.2) is 4.98 Å². The van der Waals surface area contributed by atoms with Crippen LogP contribution in [0.25, 0.3) is 11.2 Å². The molecule has 1 aliphatic heterocycles. The quantitative estimate of drug-likeness (QED) is 0.355. The van der Waals surface area contributed by atoms with E-state index in [9.17, 15) is 9.90 Å². The average Bonchev–Trinajstić information content (AvgIpc) is 3.39. The Morgan fingerprint density at radius 3 is 2.85 bits per heavy atom. The Bertz CT molecular complexity index is 1050. The van der Waals surface area contributed by atoms with Crippen molar-refractivity contribution in [2.45, 2.75) is 76.2 Å². The summed E-state index contributed by atoms with van der Waals surface area (Å²) in [5, 5.41) is 10.1. The molecule has 3 N–H and O–H groups in total. The number of fused-ring (bicyclic) bond motifs is 1. The van der Waals surface area contributed by atoms with Crippen molar-refractivity contribution >= 4 is 34.6 Å². The average molecular weight is 476 g/mol. The first-order valence-electron chi connectivity index (χ1n) is 11.5. The van der Waals surface area contributed by atoms with Gasteiger partial charge >= 0.3 is 5.97 Å². The number of anilines is 1. The van der Waals surface area contributed by atoms with E-state index in [1.165, 1.54) is 25.6 Å². The molecule has 0 amide bonds. The minimum atomic E-state index is -1.46. The van der Waals surface area contributed by atoms with Crippen molar-refractivity contribution in [2.75, 3.05) is 12.3 Å². The van der Waals surface area contributed by atoms with Gasteiger partial charge in [0.25, 0.3) is 0 Å². The summed E-state index contributed by atoms with van der Waals surface area (Å²) in [5.74, 6) is 2.90. The van der Waals surface area contributed by atoms with Crippen molar-refractivity contribution in [3.8, 4) is 12.3 Å². The van der Waals surface area contributed by atoms with E-state index in [4.69, 9.17) is 33.2 Å². The molecule has 0 spiro atoms. The van der Waals surface area contributed by atoms with Gasteiger partial charge in [0.2, 0.25) is 5.28 Å². The molecule has 2 aromatic heterocycles. The Morgan fingerprint density at radius 2 is 2.18 bits per heavy atom. The van der Waals surface area contributed by atoms with Crippen LogP contribution in [0.4, 0.5) is 5.82 Å². The molecule has 2 aliphatic rings. The molecule has 2 fully saturated rings. The lowest BCUT2D eigenvalue weighted by molar-refractivity contribution is -0.164.